The first-order valence-electron chi connectivity index (χ1n) is 15.4. The summed E-state index contributed by atoms with van der Waals surface area (Å²) < 4.78 is 11.1. The number of carbonyl (C=O) groups is 3. The van der Waals surface area contributed by atoms with Crippen molar-refractivity contribution in [1.82, 2.24) is 10.8 Å². The van der Waals surface area contributed by atoms with Gasteiger partial charge in [0.2, 0.25) is 0 Å². The molecule has 0 radical (unpaired) electrons. The molecular formula is C35H46N2O7. The quantitative estimate of drug-likeness (QED) is 0.119. The lowest BCUT2D eigenvalue weighted by Gasteiger charge is -2.24. The Kier molecular flexibility index (Phi) is 14.8. The molecule has 2 amide bonds. The number of hydroxylamine groups is 1. The minimum atomic E-state index is -1.65. The van der Waals surface area contributed by atoms with Gasteiger partial charge in [-0.3, -0.25) is 14.4 Å². The maximum Gasteiger partial charge on any atom is 0.336 e. The molecule has 0 aliphatic heterocycles. The van der Waals surface area contributed by atoms with Gasteiger partial charge in [0.15, 0.2) is 12.2 Å². The van der Waals surface area contributed by atoms with Gasteiger partial charge in [0.25, 0.3) is 11.8 Å². The summed E-state index contributed by atoms with van der Waals surface area (Å²) in [4.78, 5) is 41.5. The van der Waals surface area contributed by atoms with Crippen LogP contribution in [0.3, 0.4) is 0 Å². The lowest BCUT2D eigenvalue weighted by Crippen LogP contribution is -2.50. The third-order valence-electron chi connectivity index (χ3n) is 7.62. The fraction of sp³-hybridized carbons (Fsp3) is 0.457. The molecule has 44 heavy (non-hydrogen) atoms. The first-order valence-corrected chi connectivity index (χ1v) is 15.4. The van der Waals surface area contributed by atoms with Crippen molar-refractivity contribution in [2.75, 3.05) is 26.9 Å². The summed E-state index contributed by atoms with van der Waals surface area (Å²) in [5, 5.41) is 15.1. The molecule has 0 bridgehead atoms. The Morgan fingerprint density at radius 2 is 1.43 bits per heavy atom. The number of aryl methyl sites for hydroxylation is 4. The van der Waals surface area contributed by atoms with Crippen molar-refractivity contribution < 1.29 is 33.8 Å². The van der Waals surface area contributed by atoms with Gasteiger partial charge in [-0.15, -0.1) is 0 Å². The smallest absolute Gasteiger partial charge is 0.336 e. The summed E-state index contributed by atoms with van der Waals surface area (Å²) in [6.07, 6.45) is 3.86. The zero-order valence-corrected chi connectivity index (χ0v) is 26.1. The molecule has 0 spiro atoms. The lowest BCUT2D eigenvalue weighted by atomic mass is 10.0. The summed E-state index contributed by atoms with van der Waals surface area (Å²) in [6, 6.07) is 21.2. The van der Waals surface area contributed by atoms with E-state index in [0.29, 0.717) is 13.0 Å². The average molecular weight is 607 g/mol. The number of amides is 2. The number of ether oxygens (including phenoxy) is 2. The molecule has 9 nitrogen and oxygen atoms in total. The Bertz CT molecular complexity index is 1360. The van der Waals surface area contributed by atoms with Gasteiger partial charge in [-0.2, -0.15) is 0 Å². The average Bonchev–Trinajstić information content (AvgIpc) is 3.01. The molecule has 0 aromatic heterocycles. The van der Waals surface area contributed by atoms with Crippen molar-refractivity contribution >= 4 is 28.6 Å². The SMILES string of the molecule is CONC(=O)COC(C(=O)O)C(OCCCCCc1ccc(C)c(C)c1)C(=O)NCCCCCc1ccc2ccccc2c1. The van der Waals surface area contributed by atoms with Crippen LogP contribution in [0.1, 0.15) is 60.8 Å². The predicted octanol–water partition coefficient (Wildman–Crippen LogP) is 5.23. The van der Waals surface area contributed by atoms with Crippen LogP contribution in [0.4, 0.5) is 0 Å². The zero-order chi connectivity index (χ0) is 31.7. The minimum absolute atomic E-state index is 0.189. The number of benzene rings is 3. The van der Waals surface area contributed by atoms with Crippen molar-refractivity contribution in [3.05, 3.63) is 82.9 Å². The molecule has 0 saturated carbocycles. The number of nitrogens with one attached hydrogen (secondary N) is 2. The Balaban J connectivity index is 1.46. The fourth-order valence-electron chi connectivity index (χ4n) is 5.01. The highest BCUT2D eigenvalue weighted by atomic mass is 16.6. The van der Waals surface area contributed by atoms with Crippen molar-refractivity contribution in [2.24, 2.45) is 0 Å². The number of hydrogen-bond acceptors (Lipinski definition) is 6. The molecule has 0 aliphatic rings. The fourth-order valence-corrected chi connectivity index (χ4v) is 5.01. The molecule has 0 saturated heterocycles. The largest absolute Gasteiger partial charge is 0.479 e. The van der Waals surface area contributed by atoms with Crippen molar-refractivity contribution in [1.29, 1.82) is 0 Å². The maximum absolute atomic E-state index is 13.1. The molecule has 3 N–H and O–H groups in total. The van der Waals surface area contributed by atoms with Crippen LogP contribution in [0.25, 0.3) is 10.8 Å². The summed E-state index contributed by atoms with van der Waals surface area (Å²) >= 11 is 0. The number of carboxylic acid groups (broad SMARTS) is 1. The summed E-state index contributed by atoms with van der Waals surface area (Å²) in [6.45, 7) is 4.16. The Morgan fingerprint density at radius 1 is 0.750 bits per heavy atom. The monoisotopic (exact) mass is 606 g/mol. The summed E-state index contributed by atoms with van der Waals surface area (Å²) in [7, 11) is 1.26. The number of fused-ring (bicyclic) bond motifs is 1. The number of aliphatic carboxylic acids is 1. The van der Waals surface area contributed by atoms with Crippen LogP contribution in [0.2, 0.25) is 0 Å². The van der Waals surface area contributed by atoms with Gasteiger partial charge in [0, 0.05) is 13.2 Å². The van der Waals surface area contributed by atoms with Crippen LogP contribution < -0.4 is 10.8 Å². The van der Waals surface area contributed by atoms with E-state index in [9.17, 15) is 19.5 Å². The number of unbranched alkanes of at least 4 members (excludes halogenated alkanes) is 4. The summed E-state index contributed by atoms with van der Waals surface area (Å²) in [5.41, 5.74) is 7.15. The van der Waals surface area contributed by atoms with E-state index in [1.807, 2.05) is 12.1 Å². The highest BCUT2D eigenvalue weighted by molar-refractivity contribution is 5.88. The minimum Gasteiger partial charge on any atom is -0.479 e. The molecule has 0 aliphatic carbocycles. The van der Waals surface area contributed by atoms with Crippen molar-refractivity contribution in [3.63, 3.8) is 0 Å². The van der Waals surface area contributed by atoms with Gasteiger partial charge in [-0.25, -0.2) is 10.3 Å². The molecule has 3 rings (SSSR count). The number of rotatable bonds is 20. The first-order chi connectivity index (χ1) is 21.3. The van der Waals surface area contributed by atoms with E-state index < -0.39 is 36.6 Å². The van der Waals surface area contributed by atoms with Crippen molar-refractivity contribution in [2.45, 2.75) is 77.4 Å². The standard InChI is InChI=1S/C35H46N2O7/c1-25-16-17-27(22-26(25)2)12-7-5-11-21-43-32(33(35(40)41)44-24-31(38)37-42-3)34(39)36-20-10-4-6-13-28-18-19-29-14-8-9-15-30(29)23-28/h8-9,14-19,22-23,32-33H,4-7,10-13,20-21,24H2,1-3H3,(H,36,39)(H,37,38)(H,40,41). The molecular weight excluding hydrogens is 560 g/mol. The van der Waals surface area contributed by atoms with Gasteiger partial charge < -0.3 is 19.9 Å². The Morgan fingerprint density at radius 3 is 2.14 bits per heavy atom. The second-order valence-corrected chi connectivity index (χ2v) is 11.1. The molecule has 3 aromatic rings. The van der Waals surface area contributed by atoms with Gasteiger partial charge in [-0.1, -0.05) is 73.5 Å². The Labute approximate surface area is 260 Å². The van der Waals surface area contributed by atoms with Crippen LogP contribution in [0, 0.1) is 13.8 Å². The predicted molar refractivity (Wildman–Crippen MR) is 170 cm³/mol. The maximum atomic E-state index is 13.1. The van der Waals surface area contributed by atoms with E-state index in [0.717, 1.165) is 44.9 Å². The van der Waals surface area contributed by atoms with Crippen LogP contribution in [-0.2, 0) is 41.5 Å². The number of carbonyl (C=O) groups excluding carboxylic acids is 2. The molecule has 2 unspecified atom stereocenters. The van der Waals surface area contributed by atoms with Gasteiger partial charge in [-0.05, 0) is 85.4 Å². The van der Waals surface area contributed by atoms with Crippen LogP contribution >= 0.6 is 0 Å². The van der Waals surface area contributed by atoms with Gasteiger partial charge >= 0.3 is 5.97 Å². The Hall–Kier alpha value is -3.79. The lowest BCUT2D eigenvalue weighted by molar-refractivity contribution is -0.171. The molecule has 0 heterocycles. The van der Waals surface area contributed by atoms with E-state index in [1.54, 1.807) is 0 Å². The number of hydrogen-bond donors (Lipinski definition) is 3. The van der Waals surface area contributed by atoms with E-state index in [-0.39, 0.29) is 6.61 Å². The molecule has 0 fully saturated rings. The zero-order valence-electron chi connectivity index (χ0n) is 26.1. The second kappa shape index (κ2) is 18.8. The molecule has 2 atom stereocenters. The van der Waals surface area contributed by atoms with Crippen LogP contribution in [-0.4, -0.2) is 62.0 Å². The van der Waals surface area contributed by atoms with Crippen LogP contribution in [0.5, 0.6) is 0 Å². The number of carboxylic acids is 1. The van der Waals surface area contributed by atoms with Crippen molar-refractivity contribution in [3.8, 4) is 0 Å². The van der Waals surface area contributed by atoms with Crippen LogP contribution in [0.15, 0.2) is 60.7 Å². The normalized spacial score (nSPS) is 12.5. The first kappa shape index (κ1) is 34.7. The van der Waals surface area contributed by atoms with E-state index in [1.165, 1.54) is 40.1 Å². The third-order valence-corrected chi connectivity index (χ3v) is 7.62. The van der Waals surface area contributed by atoms with E-state index in [2.05, 4.69) is 78.0 Å². The highest BCUT2D eigenvalue weighted by Crippen LogP contribution is 2.18. The van der Waals surface area contributed by atoms with E-state index >= 15 is 0 Å². The van der Waals surface area contributed by atoms with Gasteiger partial charge in [0.1, 0.15) is 6.61 Å². The summed E-state index contributed by atoms with van der Waals surface area (Å²) in [5.74, 6) is -2.63. The highest BCUT2D eigenvalue weighted by Gasteiger charge is 2.36. The van der Waals surface area contributed by atoms with Gasteiger partial charge in [0.05, 0.1) is 7.11 Å². The molecule has 238 valence electrons. The van der Waals surface area contributed by atoms with E-state index in [4.69, 9.17) is 9.47 Å². The molecule has 3 aromatic carbocycles. The second-order valence-electron chi connectivity index (χ2n) is 11.1. The third kappa shape index (κ3) is 11.7. The topological polar surface area (TPSA) is 123 Å². The molecule has 9 heteroatoms.